The van der Waals surface area contributed by atoms with Crippen LogP contribution < -0.4 is 14.9 Å². The van der Waals surface area contributed by atoms with Gasteiger partial charge in [-0.2, -0.15) is 0 Å². The second-order valence-corrected chi connectivity index (χ2v) is 10.0. The molecule has 7 nitrogen and oxygen atoms in total. The summed E-state index contributed by atoms with van der Waals surface area (Å²) in [5.74, 6) is -0.0195. The molecule has 2 heterocycles. The van der Waals surface area contributed by atoms with Crippen molar-refractivity contribution in [3.63, 3.8) is 0 Å². The zero-order chi connectivity index (χ0) is 19.6. The Balaban J connectivity index is 1.51. The maximum Gasteiger partial charge on any atom is 0.240 e. The molecule has 3 N–H and O–H groups in total. The Hall–Kier alpha value is -1.48. The second-order valence-electron chi connectivity index (χ2n) is 8.25. The van der Waals surface area contributed by atoms with Crippen LogP contribution in [0.3, 0.4) is 0 Å². The lowest BCUT2D eigenvalue weighted by Crippen LogP contribution is -3.23. The SMILES string of the molecule is O=C1CCc2cc(S(=O)(=O)NCC3([NH+]4CCOCC4)CCCCC3)ccc2N1. The Kier molecular flexibility index (Phi) is 5.73. The van der Waals surface area contributed by atoms with Crippen molar-refractivity contribution in [3.8, 4) is 0 Å². The third-order valence-electron chi connectivity index (χ3n) is 6.54. The van der Waals surface area contributed by atoms with E-state index in [1.165, 1.54) is 11.3 Å². The summed E-state index contributed by atoms with van der Waals surface area (Å²) in [4.78, 5) is 13.3. The third kappa shape index (κ3) is 4.10. The van der Waals surface area contributed by atoms with E-state index in [4.69, 9.17) is 4.74 Å². The Morgan fingerprint density at radius 1 is 1.11 bits per heavy atom. The smallest absolute Gasteiger partial charge is 0.240 e. The monoisotopic (exact) mass is 408 g/mol. The molecule has 0 atom stereocenters. The lowest BCUT2D eigenvalue weighted by molar-refractivity contribution is -0.960. The highest BCUT2D eigenvalue weighted by molar-refractivity contribution is 7.89. The second kappa shape index (κ2) is 8.10. The van der Waals surface area contributed by atoms with E-state index in [1.54, 1.807) is 18.2 Å². The first-order valence-corrected chi connectivity index (χ1v) is 11.8. The van der Waals surface area contributed by atoms with Gasteiger partial charge in [-0.3, -0.25) is 4.79 Å². The molecule has 1 amide bonds. The van der Waals surface area contributed by atoms with Gasteiger partial charge in [-0.15, -0.1) is 0 Å². The number of amides is 1. The van der Waals surface area contributed by atoms with E-state index in [0.29, 0.717) is 19.4 Å². The highest BCUT2D eigenvalue weighted by Gasteiger charge is 2.43. The molecule has 0 unspecified atom stereocenters. The fraction of sp³-hybridized carbons (Fsp3) is 0.650. The molecule has 1 aromatic carbocycles. The van der Waals surface area contributed by atoms with Gasteiger partial charge < -0.3 is 15.0 Å². The third-order valence-corrected chi connectivity index (χ3v) is 7.94. The summed E-state index contributed by atoms with van der Waals surface area (Å²) in [6, 6.07) is 4.98. The van der Waals surface area contributed by atoms with Gasteiger partial charge in [-0.1, -0.05) is 6.42 Å². The lowest BCUT2D eigenvalue weighted by atomic mass is 9.80. The fourth-order valence-corrected chi connectivity index (χ4v) is 6.05. The minimum atomic E-state index is -3.59. The normalized spacial score (nSPS) is 23.1. The van der Waals surface area contributed by atoms with E-state index in [2.05, 4.69) is 10.0 Å². The summed E-state index contributed by atoms with van der Waals surface area (Å²) in [6.07, 6.45) is 6.63. The van der Waals surface area contributed by atoms with Gasteiger partial charge in [0.05, 0.1) is 24.7 Å². The van der Waals surface area contributed by atoms with E-state index >= 15 is 0 Å². The molecule has 28 heavy (non-hydrogen) atoms. The number of ether oxygens (including phenoxy) is 1. The molecular formula is C20H30N3O4S+. The number of anilines is 1. The fourth-order valence-electron chi connectivity index (χ4n) is 4.88. The largest absolute Gasteiger partial charge is 0.370 e. The van der Waals surface area contributed by atoms with Crippen molar-refractivity contribution in [3.05, 3.63) is 23.8 Å². The minimum absolute atomic E-state index is 0.0195. The molecule has 8 heteroatoms. The molecule has 2 fully saturated rings. The number of fused-ring (bicyclic) bond motifs is 1. The van der Waals surface area contributed by atoms with Gasteiger partial charge >= 0.3 is 0 Å². The van der Waals surface area contributed by atoms with Crippen molar-refractivity contribution in [2.75, 3.05) is 38.2 Å². The van der Waals surface area contributed by atoms with Crippen LogP contribution in [-0.2, 0) is 26.0 Å². The molecule has 0 radical (unpaired) electrons. The average molecular weight is 409 g/mol. The molecule has 0 spiro atoms. The molecule has 3 aliphatic rings. The predicted molar refractivity (Wildman–Crippen MR) is 106 cm³/mol. The van der Waals surface area contributed by atoms with Crippen molar-refractivity contribution >= 4 is 21.6 Å². The Morgan fingerprint density at radius 3 is 2.61 bits per heavy atom. The number of benzene rings is 1. The number of nitrogens with one attached hydrogen (secondary N) is 3. The average Bonchev–Trinajstić information content (AvgIpc) is 2.73. The van der Waals surface area contributed by atoms with Crippen molar-refractivity contribution in [2.45, 2.75) is 55.4 Å². The standard InChI is InChI=1S/C20H29N3O4S/c24-19-7-4-16-14-17(5-6-18(16)22-19)28(25,26)21-15-20(8-2-1-3-9-20)23-10-12-27-13-11-23/h5-6,14,21H,1-4,7-13,15H2,(H,22,24)/p+1. The first-order chi connectivity index (χ1) is 13.5. The Morgan fingerprint density at radius 2 is 1.86 bits per heavy atom. The number of morpholine rings is 1. The van der Waals surface area contributed by atoms with Gasteiger partial charge in [0.25, 0.3) is 0 Å². The summed E-state index contributed by atoms with van der Waals surface area (Å²) in [5, 5.41) is 2.80. The topological polar surface area (TPSA) is 88.9 Å². The highest BCUT2D eigenvalue weighted by Crippen LogP contribution is 2.28. The molecule has 1 aliphatic carbocycles. The number of aryl methyl sites for hydroxylation is 1. The highest BCUT2D eigenvalue weighted by atomic mass is 32.2. The zero-order valence-corrected chi connectivity index (χ0v) is 17.1. The molecule has 1 saturated heterocycles. The van der Waals surface area contributed by atoms with Crippen molar-refractivity contribution in [1.29, 1.82) is 0 Å². The van der Waals surface area contributed by atoms with E-state index in [0.717, 1.165) is 63.2 Å². The van der Waals surface area contributed by atoms with Crippen LogP contribution in [0.2, 0.25) is 0 Å². The van der Waals surface area contributed by atoms with E-state index in [9.17, 15) is 13.2 Å². The van der Waals surface area contributed by atoms with Crippen LogP contribution in [0.1, 0.15) is 44.1 Å². The lowest BCUT2D eigenvalue weighted by Gasteiger charge is -2.45. The van der Waals surface area contributed by atoms with Crippen molar-refractivity contribution < 1.29 is 22.8 Å². The maximum absolute atomic E-state index is 13.0. The molecular weight excluding hydrogens is 378 g/mol. The number of sulfonamides is 1. The van der Waals surface area contributed by atoms with Crippen LogP contribution >= 0.6 is 0 Å². The van der Waals surface area contributed by atoms with Gasteiger partial charge in [0.2, 0.25) is 15.9 Å². The Bertz CT molecular complexity index is 828. The van der Waals surface area contributed by atoms with Gasteiger partial charge in [0.1, 0.15) is 18.6 Å². The minimum Gasteiger partial charge on any atom is -0.370 e. The van der Waals surface area contributed by atoms with Crippen LogP contribution in [0, 0.1) is 0 Å². The molecule has 4 rings (SSSR count). The summed E-state index contributed by atoms with van der Waals surface area (Å²) in [6.45, 7) is 3.86. The molecule has 1 saturated carbocycles. The molecule has 0 aromatic heterocycles. The van der Waals surface area contributed by atoms with E-state index in [-0.39, 0.29) is 16.3 Å². The van der Waals surface area contributed by atoms with Gasteiger partial charge in [-0.25, -0.2) is 13.1 Å². The number of carbonyl (C=O) groups is 1. The first-order valence-electron chi connectivity index (χ1n) is 10.3. The molecule has 2 aliphatic heterocycles. The van der Waals surface area contributed by atoms with Gasteiger partial charge in [0, 0.05) is 24.9 Å². The van der Waals surface area contributed by atoms with Crippen LogP contribution in [0.4, 0.5) is 5.69 Å². The van der Waals surface area contributed by atoms with Crippen molar-refractivity contribution in [2.24, 2.45) is 0 Å². The number of carbonyl (C=O) groups excluding carboxylic acids is 1. The summed E-state index contributed by atoms with van der Waals surface area (Å²) in [5.41, 5.74) is 1.57. The molecule has 154 valence electrons. The number of hydrogen-bond acceptors (Lipinski definition) is 4. The predicted octanol–water partition coefficient (Wildman–Crippen LogP) is 0.468. The summed E-state index contributed by atoms with van der Waals surface area (Å²) in [7, 11) is -3.59. The quantitative estimate of drug-likeness (QED) is 0.661. The van der Waals surface area contributed by atoms with Gasteiger partial charge in [0.15, 0.2) is 0 Å². The van der Waals surface area contributed by atoms with Gasteiger partial charge in [-0.05, 0) is 43.0 Å². The summed E-state index contributed by atoms with van der Waals surface area (Å²) >= 11 is 0. The van der Waals surface area contributed by atoms with Crippen LogP contribution in [0.25, 0.3) is 0 Å². The molecule has 1 aromatic rings. The van der Waals surface area contributed by atoms with Crippen LogP contribution in [0.5, 0.6) is 0 Å². The van der Waals surface area contributed by atoms with Crippen LogP contribution in [0.15, 0.2) is 23.1 Å². The summed E-state index contributed by atoms with van der Waals surface area (Å²) < 4.78 is 34.5. The number of hydrogen-bond donors (Lipinski definition) is 3. The maximum atomic E-state index is 13.0. The van der Waals surface area contributed by atoms with E-state index in [1.807, 2.05) is 0 Å². The van der Waals surface area contributed by atoms with E-state index < -0.39 is 10.0 Å². The van der Waals surface area contributed by atoms with Crippen LogP contribution in [-0.4, -0.2) is 52.7 Å². The number of quaternary nitrogens is 1. The van der Waals surface area contributed by atoms with Crippen molar-refractivity contribution in [1.82, 2.24) is 4.72 Å². The zero-order valence-electron chi connectivity index (χ0n) is 16.3. The molecule has 0 bridgehead atoms. The Labute approximate surface area is 166 Å². The number of rotatable bonds is 5. The first kappa shape index (κ1) is 19.8.